The molecule has 0 spiro atoms. The number of unbranched alkanes of at least 4 members (excludes halogenated alkanes) is 1. The average Bonchev–Trinajstić information content (AvgIpc) is 2.90. The Kier molecular flexibility index (Phi) is 12.8. The summed E-state index contributed by atoms with van der Waals surface area (Å²) in [5.74, 6) is 6.87. The summed E-state index contributed by atoms with van der Waals surface area (Å²) >= 11 is 0. The van der Waals surface area contributed by atoms with Gasteiger partial charge in [0.25, 0.3) is 0 Å². The van der Waals surface area contributed by atoms with Gasteiger partial charge in [0.2, 0.25) is 17.8 Å². The lowest BCUT2D eigenvalue weighted by Gasteiger charge is -2.13. The van der Waals surface area contributed by atoms with E-state index in [1.807, 2.05) is 6.92 Å². The van der Waals surface area contributed by atoms with Gasteiger partial charge in [0.1, 0.15) is 11.9 Å². The molecule has 0 saturated carbocycles. The molecule has 1 aromatic carbocycles. The molecule has 2 amide bonds. The number of hydrogen-bond acceptors (Lipinski definition) is 8. The van der Waals surface area contributed by atoms with Crippen molar-refractivity contribution in [1.29, 1.82) is 5.26 Å². The van der Waals surface area contributed by atoms with E-state index in [4.69, 9.17) is 5.26 Å². The molecule has 10 heteroatoms. The van der Waals surface area contributed by atoms with E-state index in [1.165, 1.54) is 6.08 Å². The zero-order chi connectivity index (χ0) is 27.8. The van der Waals surface area contributed by atoms with E-state index >= 15 is 0 Å². The standard InChI is InChI=1S/C28H36N8O2/c1-5-16-31-26-24(20(2)34-28(36-26)35-23-14-12-22(19-29)13-15-23)10-7-6-8-18-32-27(38)21(3)33-25(37)11-9-17-30-4/h9,11-15,21,30H,5-6,8,16-18H2,1-4H3,(H,32,38)(H,33,37)(H2,31,34,35,36)/b11-9+/t21-/m0/s1. The Balaban J connectivity index is 1.93. The minimum atomic E-state index is -0.628. The summed E-state index contributed by atoms with van der Waals surface area (Å²) in [6.45, 7) is 7.38. The van der Waals surface area contributed by atoms with Crippen molar-refractivity contribution < 1.29 is 9.59 Å². The van der Waals surface area contributed by atoms with Gasteiger partial charge in [0, 0.05) is 37.8 Å². The second-order valence-electron chi connectivity index (χ2n) is 8.48. The Morgan fingerprint density at radius 1 is 1.16 bits per heavy atom. The molecule has 1 aromatic heterocycles. The van der Waals surface area contributed by atoms with Crippen LogP contribution in [-0.2, 0) is 9.59 Å². The van der Waals surface area contributed by atoms with Crippen molar-refractivity contribution in [2.45, 2.75) is 46.1 Å². The Morgan fingerprint density at radius 2 is 1.92 bits per heavy atom. The number of nitrogens with one attached hydrogen (secondary N) is 5. The summed E-state index contributed by atoms with van der Waals surface area (Å²) in [6.07, 6.45) is 5.26. The average molecular weight is 517 g/mol. The smallest absolute Gasteiger partial charge is 0.244 e. The van der Waals surface area contributed by atoms with E-state index in [1.54, 1.807) is 44.3 Å². The van der Waals surface area contributed by atoms with Crippen molar-refractivity contribution in [3.63, 3.8) is 0 Å². The summed E-state index contributed by atoms with van der Waals surface area (Å²) in [6, 6.07) is 8.54. The SMILES string of the molecule is CCCNc1nc(Nc2ccc(C#N)cc2)nc(C)c1C#CCCCNC(=O)[C@H](C)NC(=O)/C=C/CNC. The van der Waals surface area contributed by atoms with Gasteiger partial charge in [-0.05, 0) is 58.0 Å². The van der Waals surface area contributed by atoms with Crippen LogP contribution in [0.2, 0.25) is 0 Å². The minimum Gasteiger partial charge on any atom is -0.369 e. The molecule has 5 N–H and O–H groups in total. The lowest BCUT2D eigenvalue weighted by Crippen LogP contribution is -2.44. The van der Waals surface area contributed by atoms with Crippen molar-refractivity contribution in [1.82, 2.24) is 25.9 Å². The molecule has 1 atom stereocenters. The van der Waals surface area contributed by atoms with Gasteiger partial charge in [-0.2, -0.15) is 10.2 Å². The number of anilines is 3. The maximum atomic E-state index is 12.2. The maximum absolute atomic E-state index is 12.2. The van der Waals surface area contributed by atoms with Crippen LogP contribution in [0.15, 0.2) is 36.4 Å². The van der Waals surface area contributed by atoms with Crippen molar-refractivity contribution in [3.8, 4) is 17.9 Å². The number of nitriles is 1. The largest absolute Gasteiger partial charge is 0.369 e. The minimum absolute atomic E-state index is 0.242. The molecule has 0 radical (unpaired) electrons. The van der Waals surface area contributed by atoms with E-state index in [9.17, 15) is 9.59 Å². The Labute approximate surface area is 224 Å². The van der Waals surface area contributed by atoms with E-state index in [2.05, 4.69) is 61.4 Å². The van der Waals surface area contributed by atoms with Crippen LogP contribution in [0.25, 0.3) is 0 Å². The first-order valence-electron chi connectivity index (χ1n) is 12.7. The van der Waals surface area contributed by atoms with E-state index in [0.29, 0.717) is 43.3 Å². The van der Waals surface area contributed by atoms with Crippen LogP contribution >= 0.6 is 0 Å². The van der Waals surface area contributed by atoms with Crippen LogP contribution in [0.1, 0.15) is 49.9 Å². The quantitative estimate of drug-likeness (QED) is 0.155. The Hall–Kier alpha value is -4.41. The number of aromatic nitrogens is 2. The molecule has 0 aliphatic rings. The van der Waals surface area contributed by atoms with Crippen LogP contribution in [0, 0.1) is 30.1 Å². The van der Waals surface area contributed by atoms with Gasteiger partial charge in [0.15, 0.2) is 0 Å². The second kappa shape index (κ2) is 16.4. The van der Waals surface area contributed by atoms with Gasteiger partial charge in [-0.3, -0.25) is 9.59 Å². The van der Waals surface area contributed by atoms with E-state index in [-0.39, 0.29) is 11.8 Å². The van der Waals surface area contributed by atoms with Crippen LogP contribution in [0.5, 0.6) is 0 Å². The van der Waals surface area contributed by atoms with Crippen molar-refractivity contribution in [3.05, 3.63) is 53.2 Å². The molecule has 200 valence electrons. The number of carbonyl (C=O) groups excluding carboxylic acids is 2. The molecule has 38 heavy (non-hydrogen) atoms. The topological polar surface area (TPSA) is 144 Å². The number of benzene rings is 1. The highest BCUT2D eigenvalue weighted by Crippen LogP contribution is 2.20. The molecule has 10 nitrogen and oxygen atoms in total. The molecule has 0 fully saturated rings. The highest BCUT2D eigenvalue weighted by atomic mass is 16.2. The number of hydrogen-bond donors (Lipinski definition) is 5. The lowest BCUT2D eigenvalue weighted by molar-refractivity contribution is -0.126. The fourth-order valence-corrected chi connectivity index (χ4v) is 3.21. The molecule has 0 saturated heterocycles. The van der Waals surface area contributed by atoms with Crippen LogP contribution in [-0.4, -0.2) is 54.5 Å². The van der Waals surface area contributed by atoms with Gasteiger partial charge in [0.05, 0.1) is 22.9 Å². The molecule has 0 unspecified atom stereocenters. The fraction of sp³-hybridized carbons (Fsp3) is 0.393. The normalized spacial score (nSPS) is 11.1. The van der Waals surface area contributed by atoms with Crippen molar-refractivity contribution in [2.24, 2.45) is 0 Å². The number of carbonyl (C=O) groups is 2. The summed E-state index contributed by atoms with van der Waals surface area (Å²) in [5.41, 5.74) is 2.84. The van der Waals surface area contributed by atoms with Crippen molar-refractivity contribution >= 4 is 29.3 Å². The molecule has 2 rings (SSSR count). The van der Waals surface area contributed by atoms with Gasteiger partial charge < -0.3 is 26.6 Å². The van der Waals surface area contributed by atoms with Gasteiger partial charge >= 0.3 is 0 Å². The molecule has 0 bridgehead atoms. The number of aryl methyl sites for hydroxylation is 1. The molecule has 1 heterocycles. The zero-order valence-corrected chi connectivity index (χ0v) is 22.4. The molecular formula is C28H36N8O2. The zero-order valence-electron chi connectivity index (χ0n) is 22.4. The van der Waals surface area contributed by atoms with Crippen molar-refractivity contribution in [2.75, 3.05) is 37.3 Å². The third kappa shape index (κ3) is 10.3. The first-order valence-corrected chi connectivity index (χ1v) is 12.7. The highest BCUT2D eigenvalue weighted by molar-refractivity contribution is 5.92. The van der Waals surface area contributed by atoms with E-state index < -0.39 is 6.04 Å². The first kappa shape index (κ1) is 29.8. The molecule has 0 aliphatic carbocycles. The maximum Gasteiger partial charge on any atom is 0.244 e. The predicted octanol–water partition coefficient (Wildman–Crippen LogP) is 2.75. The van der Waals surface area contributed by atoms with Crippen LogP contribution in [0.3, 0.4) is 0 Å². The lowest BCUT2D eigenvalue weighted by atomic mass is 10.2. The monoisotopic (exact) mass is 516 g/mol. The molecule has 0 aliphatic heterocycles. The molecule has 2 aromatic rings. The van der Waals surface area contributed by atoms with Crippen LogP contribution in [0.4, 0.5) is 17.5 Å². The van der Waals surface area contributed by atoms with Gasteiger partial charge in [-0.25, -0.2) is 4.98 Å². The predicted molar refractivity (Wildman–Crippen MR) is 150 cm³/mol. The third-order valence-corrected chi connectivity index (χ3v) is 5.24. The number of amides is 2. The molecular weight excluding hydrogens is 480 g/mol. The summed E-state index contributed by atoms with van der Waals surface area (Å²) in [7, 11) is 1.79. The summed E-state index contributed by atoms with van der Waals surface area (Å²) < 4.78 is 0. The Bertz CT molecular complexity index is 1210. The van der Waals surface area contributed by atoms with Crippen LogP contribution < -0.4 is 26.6 Å². The Morgan fingerprint density at radius 3 is 2.61 bits per heavy atom. The summed E-state index contributed by atoms with van der Waals surface area (Å²) in [5, 5.41) is 23.8. The summed E-state index contributed by atoms with van der Waals surface area (Å²) in [4.78, 5) is 33.2. The number of likely N-dealkylation sites (N-methyl/N-ethyl adjacent to an activating group) is 1. The highest BCUT2D eigenvalue weighted by Gasteiger charge is 2.13. The fourth-order valence-electron chi connectivity index (χ4n) is 3.21. The van der Waals surface area contributed by atoms with Gasteiger partial charge in [-0.1, -0.05) is 24.8 Å². The third-order valence-electron chi connectivity index (χ3n) is 5.24. The number of rotatable bonds is 13. The first-order chi connectivity index (χ1) is 18.4. The number of nitrogens with zero attached hydrogens (tertiary/aromatic N) is 3. The van der Waals surface area contributed by atoms with E-state index in [0.717, 1.165) is 29.9 Å². The van der Waals surface area contributed by atoms with Gasteiger partial charge in [-0.15, -0.1) is 0 Å². The second-order valence-corrected chi connectivity index (χ2v) is 8.48.